The van der Waals surface area contributed by atoms with Gasteiger partial charge in [-0.25, -0.2) is 0 Å². The van der Waals surface area contributed by atoms with Crippen molar-refractivity contribution in [1.82, 2.24) is 0 Å². The Morgan fingerprint density at radius 2 is 2.20 bits per heavy atom. The van der Waals surface area contributed by atoms with E-state index in [4.69, 9.17) is 0 Å². The Bertz CT molecular complexity index is 129. The Hall–Kier alpha value is -0.300. The van der Waals surface area contributed by atoms with Crippen LogP contribution in [0.2, 0.25) is 0 Å². The van der Waals surface area contributed by atoms with Crippen LogP contribution in [0.15, 0.2) is 12.2 Å². The van der Waals surface area contributed by atoms with Crippen LogP contribution in [0.25, 0.3) is 0 Å². The van der Waals surface area contributed by atoms with Gasteiger partial charge in [0, 0.05) is 0 Å². The Balaban J connectivity index is 2.51. The van der Waals surface area contributed by atoms with Gasteiger partial charge in [0.15, 0.2) is 0 Å². The van der Waals surface area contributed by atoms with Crippen molar-refractivity contribution in [3.8, 4) is 0 Å². The van der Waals surface area contributed by atoms with Gasteiger partial charge in [-0.2, -0.15) is 0 Å². The molecule has 0 amide bonds. The minimum absolute atomic E-state index is 0.102. The van der Waals surface area contributed by atoms with Gasteiger partial charge in [0.1, 0.15) is 0 Å². The molecule has 1 rings (SSSR count). The highest BCUT2D eigenvalue weighted by Gasteiger charge is 2.19. The van der Waals surface area contributed by atoms with Gasteiger partial charge in [0.25, 0.3) is 0 Å². The highest BCUT2D eigenvalue weighted by atomic mass is 16.3. The lowest BCUT2D eigenvalue weighted by atomic mass is 9.86. The van der Waals surface area contributed by atoms with Gasteiger partial charge in [0.05, 0.1) is 6.10 Å². The fraction of sp³-hybridized carbons (Fsp3) is 0.778. The summed E-state index contributed by atoms with van der Waals surface area (Å²) in [4.78, 5) is 0. The van der Waals surface area contributed by atoms with E-state index in [1.54, 1.807) is 0 Å². The third kappa shape index (κ3) is 1.60. The van der Waals surface area contributed by atoms with Crippen LogP contribution in [0.1, 0.15) is 26.7 Å². The largest absolute Gasteiger partial charge is 0.393 e. The van der Waals surface area contributed by atoms with E-state index in [0.717, 1.165) is 12.8 Å². The van der Waals surface area contributed by atoms with Gasteiger partial charge >= 0.3 is 0 Å². The molecule has 0 aromatic carbocycles. The SMILES string of the molecule is CCC1C=C[C@@H](C)C(O)C1. The van der Waals surface area contributed by atoms with Crippen LogP contribution < -0.4 is 0 Å². The Labute approximate surface area is 62.8 Å². The van der Waals surface area contributed by atoms with Crippen molar-refractivity contribution < 1.29 is 5.11 Å². The van der Waals surface area contributed by atoms with Crippen molar-refractivity contribution in [2.24, 2.45) is 11.8 Å². The first kappa shape index (κ1) is 7.80. The van der Waals surface area contributed by atoms with Gasteiger partial charge in [-0.1, -0.05) is 26.0 Å². The molecule has 0 fully saturated rings. The standard InChI is InChI=1S/C9H16O/c1-3-8-5-4-7(2)9(10)6-8/h4-5,7-10H,3,6H2,1-2H3/t7-,8?,9?/m1/s1. The van der Waals surface area contributed by atoms with Gasteiger partial charge in [0.2, 0.25) is 0 Å². The molecule has 0 saturated heterocycles. The summed E-state index contributed by atoms with van der Waals surface area (Å²) < 4.78 is 0. The van der Waals surface area contributed by atoms with E-state index in [1.165, 1.54) is 0 Å². The first-order valence-electron chi connectivity index (χ1n) is 4.10. The average Bonchev–Trinajstić information content (AvgIpc) is 1.95. The predicted molar refractivity (Wildman–Crippen MR) is 42.7 cm³/mol. The normalized spacial score (nSPS) is 40.1. The quantitative estimate of drug-likeness (QED) is 0.552. The lowest BCUT2D eigenvalue weighted by molar-refractivity contribution is 0.107. The fourth-order valence-electron chi connectivity index (χ4n) is 1.37. The van der Waals surface area contributed by atoms with Crippen LogP contribution in [0.5, 0.6) is 0 Å². The van der Waals surface area contributed by atoms with Crippen molar-refractivity contribution in [3.05, 3.63) is 12.2 Å². The molecule has 0 spiro atoms. The van der Waals surface area contributed by atoms with Crippen LogP contribution >= 0.6 is 0 Å². The topological polar surface area (TPSA) is 20.2 Å². The van der Waals surface area contributed by atoms with E-state index in [2.05, 4.69) is 26.0 Å². The Kier molecular flexibility index (Phi) is 2.50. The van der Waals surface area contributed by atoms with Crippen LogP contribution in [-0.4, -0.2) is 11.2 Å². The second-order valence-corrected chi connectivity index (χ2v) is 3.22. The zero-order valence-electron chi connectivity index (χ0n) is 6.75. The van der Waals surface area contributed by atoms with Crippen molar-refractivity contribution in [3.63, 3.8) is 0 Å². The van der Waals surface area contributed by atoms with Crippen LogP contribution in [0.4, 0.5) is 0 Å². The molecule has 0 aromatic heterocycles. The van der Waals surface area contributed by atoms with Crippen molar-refractivity contribution in [2.45, 2.75) is 32.8 Å². The second kappa shape index (κ2) is 3.20. The summed E-state index contributed by atoms with van der Waals surface area (Å²) in [6.07, 6.45) is 6.36. The fourth-order valence-corrected chi connectivity index (χ4v) is 1.37. The maximum Gasteiger partial charge on any atom is 0.0605 e. The summed E-state index contributed by atoms with van der Waals surface area (Å²) >= 11 is 0. The summed E-state index contributed by atoms with van der Waals surface area (Å²) in [7, 11) is 0. The molecule has 0 radical (unpaired) electrons. The molecule has 58 valence electrons. The predicted octanol–water partition coefficient (Wildman–Crippen LogP) is 1.97. The summed E-state index contributed by atoms with van der Waals surface area (Å²) in [6.45, 7) is 4.23. The molecule has 1 aliphatic rings. The number of aliphatic hydroxyl groups is 1. The molecular weight excluding hydrogens is 124 g/mol. The van der Waals surface area contributed by atoms with Crippen molar-refractivity contribution >= 4 is 0 Å². The van der Waals surface area contributed by atoms with Crippen LogP contribution in [0.3, 0.4) is 0 Å². The summed E-state index contributed by atoms with van der Waals surface area (Å²) in [5.41, 5.74) is 0. The molecule has 0 bridgehead atoms. The molecule has 0 aromatic rings. The van der Waals surface area contributed by atoms with Crippen LogP contribution in [0, 0.1) is 11.8 Å². The summed E-state index contributed by atoms with van der Waals surface area (Å²) in [6, 6.07) is 0. The third-order valence-corrected chi connectivity index (χ3v) is 2.36. The number of rotatable bonds is 1. The molecule has 0 aliphatic heterocycles. The number of allylic oxidation sites excluding steroid dienone is 1. The molecular formula is C9H16O. The highest BCUT2D eigenvalue weighted by molar-refractivity contribution is 4.99. The first-order chi connectivity index (χ1) is 4.74. The highest BCUT2D eigenvalue weighted by Crippen LogP contribution is 2.23. The second-order valence-electron chi connectivity index (χ2n) is 3.22. The van der Waals surface area contributed by atoms with Gasteiger partial charge in [-0.3, -0.25) is 0 Å². The molecule has 3 atom stereocenters. The zero-order valence-corrected chi connectivity index (χ0v) is 6.75. The van der Waals surface area contributed by atoms with Gasteiger partial charge in [-0.05, 0) is 24.7 Å². The Morgan fingerprint density at radius 3 is 2.70 bits per heavy atom. The summed E-state index contributed by atoms with van der Waals surface area (Å²) in [5, 5.41) is 9.43. The van der Waals surface area contributed by atoms with E-state index in [1.807, 2.05) is 0 Å². The lowest BCUT2D eigenvalue weighted by Crippen LogP contribution is -2.22. The van der Waals surface area contributed by atoms with Gasteiger partial charge < -0.3 is 5.11 Å². The smallest absolute Gasteiger partial charge is 0.0605 e. The van der Waals surface area contributed by atoms with E-state index in [9.17, 15) is 5.11 Å². The van der Waals surface area contributed by atoms with Crippen molar-refractivity contribution in [1.29, 1.82) is 0 Å². The molecule has 2 unspecified atom stereocenters. The molecule has 1 nitrogen and oxygen atoms in total. The molecule has 0 saturated carbocycles. The number of aliphatic hydroxyl groups excluding tert-OH is 1. The van der Waals surface area contributed by atoms with E-state index >= 15 is 0 Å². The maximum absolute atomic E-state index is 9.43. The summed E-state index contributed by atoms with van der Waals surface area (Å²) in [5.74, 6) is 0.981. The first-order valence-corrected chi connectivity index (χ1v) is 4.10. The van der Waals surface area contributed by atoms with Crippen LogP contribution in [-0.2, 0) is 0 Å². The van der Waals surface area contributed by atoms with E-state index in [-0.39, 0.29) is 6.10 Å². The monoisotopic (exact) mass is 140 g/mol. The number of hydrogen-bond donors (Lipinski definition) is 1. The van der Waals surface area contributed by atoms with E-state index in [0.29, 0.717) is 11.8 Å². The average molecular weight is 140 g/mol. The maximum atomic E-state index is 9.43. The minimum atomic E-state index is -0.102. The lowest BCUT2D eigenvalue weighted by Gasteiger charge is -2.24. The minimum Gasteiger partial charge on any atom is -0.393 e. The molecule has 10 heavy (non-hydrogen) atoms. The van der Waals surface area contributed by atoms with Gasteiger partial charge in [-0.15, -0.1) is 0 Å². The molecule has 1 heteroatoms. The Morgan fingerprint density at radius 1 is 1.50 bits per heavy atom. The third-order valence-electron chi connectivity index (χ3n) is 2.36. The molecule has 0 heterocycles. The van der Waals surface area contributed by atoms with Crippen molar-refractivity contribution in [2.75, 3.05) is 0 Å². The number of hydrogen-bond acceptors (Lipinski definition) is 1. The molecule has 1 aliphatic carbocycles. The van der Waals surface area contributed by atoms with E-state index < -0.39 is 0 Å². The molecule has 1 N–H and O–H groups in total. The zero-order chi connectivity index (χ0) is 7.56.